The minimum absolute atomic E-state index is 0.0969. The number of carbonyl (C=O) groups excluding carboxylic acids is 1. The topological polar surface area (TPSA) is 35.5 Å². The van der Waals surface area contributed by atoms with E-state index in [9.17, 15) is 4.79 Å². The average Bonchev–Trinajstić information content (AvgIpc) is 2.52. The largest absolute Gasteiger partial charge is 0.552 e. The molecule has 18 heavy (non-hydrogen) atoms. The van der Waals surface area contributed by atoms with E-state index in [1.807, 2.05) is 13.8 Å². The molecule has 1 aliphatic rings. The predicted octanol–water partition coefficient (Wildman–Crippen LogP) is 2.94. The molecule has 0 saturated heterocycles. The van der Waals surface area contributed by atoms with Crippen LogP contribution in [0.5, 0.6) is 0 Å². The maximum Gasteiger partial charge on any atom is 0.312 e. The molecule has 0 aromatic heterocycles. The van der Waals surface area contributed by atoms with E-state index < -0.39 is 15.2 Å². The molecule has 1 atom stereocenters. The van der Waals surface area contributed by atoms with Gasteiger partial charge in [0.15, 0.2) is 0 Å². The number of carbonyl (C=O) groups is 1. The van der Waals surface area contributed by atoms with Crippen molar-refractivity contribution in [3.8, 4) is 0 Å². The lowest BCUT2D eigenvalue weighted by atomic mass is 9.87. The van der Waals surface area contributed by atoms with Gasteiger partial charge in [0.25, 0.3) is 0 Å². The Morgan fingerprint density at radius 1 is 1.39 bits per heavy atom. The third-order valence-electron chi connectivity index (χ3n) is 3.13. The maximum absolute atomic E-state index is 12.0. The summed E-state index contributed by atoms with van der Waals surface area (Å²) in [6.45, 7) is 12.9. The normalized spacial score (nSPS) is 25.0. The van der Waals surface area contributed by atoms with Crippen LogP contribution in [0, 0.1) is 5.41 Å². The Morgan fingerprint density at radius 3 is 2.50 bits per heavy atom. The Morgan fingerprint density at radius 2 is 2.00 bits per heavy atom. The van der Waals surface area contributed by atoms with E-state index in [0.29, 0.717) is 13.0 Å². The second-order valence-corrected chi connectivity index (χ2v) is 9.39. The first-order valence-corrected chi connectivity index (χ1v) is 7.95. The van der Waals surface area contributed by atoms with Crippen LogP contribution in [0.15, 0.2) is 11.3 Å². The first-order valence-electron chi connectivity index (χ1n) is 6.66. The quantitative estimate of drug-likeness (QED) is 0.582. The van der Waals surface area contributed by atoms with Crippen molar-refractivity contribution in [2.75, 3.05) is 6.61 Å². The van der Waals surface area contributed by atoms with E-state index in [1.165, 1.54) is 5.57 Å². The molecule has 0 radical (unpaired) electrons. The Balaban J connectivity index is 2.63. The summed E-state index contributed by atoms with van der Waals surface area (Å²) in [5.74, 6) is 0.938. The first kappa shape index (κ1) is 15.3. The van der Waals surface area contributed by atoms with E-state index in [0.717, 1.165) is 12.2 Å². The lowest BCUT2D eigenvalue weighted by molar-refractivity contribution is -0.154. The lowest BCUT2D eigenvalue weighted by Crippen LogP contribution is -2.28. The standard InChI is InChI=1S/C14H26O3Si/c1-7-16-12(15)14(6)8-10(2)11(9-14)17-18-13(3,4)5/h7-9,18H2,1-6H3/t14-/m1/s1. The molecular weight excluding hydrogens is 244 g/mol. The van der Waals surface area contributed by atoms with Crippen molar-refractivity contribution in [1.82, 2.24) is 0 Å². The van der Waals surface area contributed by atoms with Crippen molar-refractivity contribution in [3.05, 3.63) is 11.3 Å². The van der Waals surface area contributed by atoms with Crippen molar-refractivity contribution in [3.63, 3.8) is 0 Å². The summed E-state index contributed by atoms with van der Waals surface area (Å²) in [5, 5.41) is 0.274. The summed E-state index contributed by atoms with van der Waals surface area (Å²) in [4.78, 5) is 12.0. The monoisotopic (exact) mass is 270 g/mol. The van der Waals surface area contributed by atoms with Crippen molar-refractivity contribution >= 4 is 15.7 Å². The van der Waals surface area contributed by atoms with Crippen LogP contribution in [0.1, 0.15) is 54.4 Å². The molecule has 0 saturated carbocycles. The molecule has 0 aromatic rings. The lowest BCUT2D eigenvalue weighted by Gasteiger charge is -2.23. The molecule has 0 aliphatic heterocycles. The van der Waals surface area contributed by atoms with Crippen molar-refractivity contribution < 1.29 is 14.0 Å². The third-order valence-corrected chi connectivity index (χ3v) is 4.49. The molecule has 0 spiro atoms. The molecule has 1 rings (SSSR count). The second kappa shape index (κ2) is 5.47. The Kier molecular flexibility index (Phi) is 4.64. The highest BCUT2D eigenvalue weighted by Crippen LogP contribution is 2.43. The summed E-state index contributed by atoms with van der Waals surface area (Å²) < 4.78 is 11.2. The van der Waals surface area contributed by atoms with Gasteiger partial charge in [-0.15, -0.1) is 0 Å². The van der Waals surface area contributed by atoms with Gasteiger partial charge in [-0.1, -0.05) is 20.8 Å². The summed E-state index contributed by atoms with van der Waals surface area (Å²) in [5.41, 5.74) is 0.795. The smallest absolute Gasteiger partial charge is 0.312 e. The number of allylic oxidation sites excluding steroid dienone is 2. The van der Waals surface area contributed by atoms with Gasteiger partial charge in [0.1, 0.15) is 0 Å². The molecule has 0 N–H and O–H groups in total. The van der Waals surface area contributed by atoms with Crippen molar-refractivity contribution in [1.29, 1.82) is 0 Å². The molecule has 0 heterocycles. The number of ether oxygens (including phenoxy) is 1. The molecule has 0 bridgehead atoms. The SMILES string of the molecule is CCOC(=O)[C@]1(C)CC(C)=C(O[SiH2]C(C)(C)C)C1. The average molecular weight is 270 g/mol. The van der Waals surface area contributed by atoms with E-state index in [4.69, 9.17) is 9.16 Å². The van der Waals surface area contributed by atoms with Gasteiger partial charge >= 0.3 is 5.97 Å². The van der Waals surface area contributed by atoms with Gasteiger partial charge in [-0.25, -0.2) is 0 Å². The van der Waals surface area contributed by atoms with Gasteiger partial charge in [-0.2, -0.15) is 0 Å². The zero-order valence-corrected chi connectivity index (χ0v) is 14.0. The number of hydrogen-bond acceptors (Lipinski definition) is 3. The second-order valence-electron chi connectivity index (χ2n) is 6.69. The molecule has 0 fully saturated rings. The van der Waals surface area contributed by atoms with Crippen LogP contribution >= 0.6 is 0 Å². The highest BCUT2D eigenvalue weighted by molar-refractivity contribution is 6.32. The molecule has 0 amide bonds. The van der Waals surface area contributed by atoms with Gasteiger partial charge in [0.05, 0.1) is 17.8 Å². The summed E-state index contributed by atoms with van der Waals surface area (Å²) in [7, 11) is -0.606. The van der Waals surface area contributed by atoms with Gasteiger partial charge < -0.3 is 9.16 Å². The van der Waals surface area contributed by atoms with E-state index in [1.54, 1.807) is 0 Å². The fourth-order valence-corrected chi connectivity index (χ4v) is 3.13. The number of hydrogen-bond donors (Lipinski definition) is 0. The predicted molar refractivity (Wildman–Crippen MR) is 76.0 cm³/mol. The highest BCUT2D eigenvalue weighted by Gasteiger charge is 2.42. The fourth-order valence-electron chi connectivity index (χ4n) is 2.18. The molecular formula is C14H26O3Si. The molecule has 3 nitrogen and oxygen atoms in total. The first-order chi connectivity index (χ1) is 8.18. The zero-order chi connectivity index (χ0) is 14.0. The minimum atomic E-state index is -0.606. The van der Waals surface area contributed by atoms with E-state index in [-0.39, 0.29) is 11.0 Å². The molecule has 104 valence electrons. The van der Waals surface area contributed by atoms with Crippen LogP contribution in [0.25, 0.3) is 0 Å². The van der Waals surface area contributed by atoms with E-state index in [2.05, 4.69) is 27.7 Å². The van der Waals surface area contributed by atoms with Gasteiger partial charge in [-0.3, -0.25) is 4.79 Å². The van der Waals surface area contributed by atoms with Crippen molar-refractivity contribution in [2.24, 2.45) is 5.41 Å². The van der Waals surface area contributed by atoms with Gasteiger partial charge in [0, 0.05) is 6.42 Å². The van der Waals surface area contributed by atoms with Crippen LogP contribution in [0.3, 0.4) is 0 Å². The molecule has 0 aromatic carbocycles. The molecule has 0 unspecified atom stereocenters. The van der Waals surface area contributed by atoms with Gasteiger partial charge in [0.2, 0.25) is 9.76 Å². The van der Waals surface area contributed by atoms with Crippen LogP contribution < -0.4 is 0 Å². The number of rotatable bonds is 4. The van der Waals surface area contributed by atoms with Crippen LogP contribution in [-0.2, 0) is 14.0 Å². The fraction of sp³-hybridized carbons (Fsp3) is 0.786. The molecule has 1 aliphatic carbocycles. The Bertz CT molecular complexity index is 355. The number of esters is 1. The maximum atomic E-state index is 12.0. The third kappa shape index (κ3) is 3.87. The Hall–Kier alpha value is -0.773. The van der Waals surface area contributed by atoms with Crippen LogP contribution in [0.4, 0.5) is 0 Å². The summed E-state index contributed by atoms with van der Waals surface area (Å²) in [6, 6.07) is 0. The highest BCUT2D eigenvalue weighted by atomic mass is 28.2. The van der Waals surface area contributed by atoms with Crippen LogP contribution in [0.2, 0.25) is 5.04 Å². The Labute approximate surface area is 113 Å². The minimum Gasteiger partial charge on any atom is -0.552 e. The summed E-state index contributed by atoms with van der Waals surface area (Å²) in [6.07, 6.45) is 1.46. The van der Waals surface area contributed by atoms with Crippen molar-refractivity contribution in [2.45, 2.75) is 59.4 Å². The van der Waals surface area contributed by atoms with Gasteiger partial charge in [-0.05, 0) is 37.8 Å². The van der Waals surface area contributed by atoms with E-state index >= 15 is 0 Å². The molecule has 4 heteroatoms. The summed E-state index contributed by atoms with van der Waals surface area (Å²) >= 11 is 0. The van der Waals surface area contributed by atoms with Crippen LogP contribution in [-0.4, -0.2) is 22.3 Å². The zero-order valence-electron chi connectivity index (χ0n) is 12.6.